The van der Waals surface area contributed by atoms with Gasteiger partial charge in [0.25, 0.3) is 11.8 Å². The van der Waals surface area contributed by atoms with Gasteiger partial charge in [0.05, 0.1) is 12.3 Å². The normalized spacial score (nSPS) is 27.5. The molecule has 11 nitrogen and oxygen atoms in total. The fourth-order valence-corrected chi connectivity index (χ4v) is 4.60. The lowest BCUT2D eigenvalue weighted by atomic mass is 9.50. The maximum absolute atomic E-state index is 13.0. The van der Waals surface area contributed by atoms with Crippen molar-refractivity contribution in [1.29, 1.82) is 0 Å². The Labute approximate surface area is 193 Å². The molecule has 2 bridgehead atoms. The molecule has 2 amide bonds. The van der Waals surface area contributed by atoms with Crippen molar-refractivity contribution in [3.63, 3.8) is 0 Å². The van der Waals surface area contributed by atoms with Crippen molar-refractivity contribution in [1.82, 2.24) is 25.3 Å². The second-order valence-corrected chi connectivity index (χ2v) is 9.48. The van der Waals surface area contributed by atoms with Gasteiger partial charge in [0.15, 0.2) is 12.4 Å². The zero-order valence-corrected chi connectivity index (χ0v) is 18.8. The van der Waals surface area contributed by atoms with Gasteiger partial charge in [-0.2, -0.15) is 5.10 Å². The molecule has 0 aromatic carbocycles. The summed E-state index contributed by atoms with van der Waals surface area (Å²) in [7, 11) is 1.50. The molecule has 3 aliphatic carbocycles. The molecule has 0 unspecified atom stereocenters. The topological polar surface area (TPSA) is 132 Å². The molecular formula is C21H26F2N6O5. The number of alkyl halides is 2. The van der Waals surface area contributed by atoms with E-state index in [9.17, 15) is 18.4 Å². The summed E-state index contributed by atoms with van der Waals surface area (Å²) in [6.45, 7) is 0.152. The number of aryl methyl sites for hydroxylation is 1. The SMILES string of the molecule is Cn1nc(OCC(C)(F)F)cc1C(=O)Nc1cc([C@H]2C[C@@H](OC(=O)NC34CC(C3)C4)CO2)[nH]n1. The molecule has 2 aromatic rings. The highest BCUT2D eigenvalue weighted by atomic mass is 19.3. The molecule has 4 aliphatic rings. The fraction of sp³-hybridized carbons (Fsp3) is 0.619. The molecule has 34 heavy (non-hydrogen) atoms. The molecular weight excluding hydrogens is 454 g/mol. The van der Waals surface area contributed by atoms with Crippen LogP contribution in [0.15, 0.2) is 12.1 Å². The zero-order valence-electron chi connectivity index (χ0n) is 18.8. The van der Waals surface area contributed by atoms with Crippen LogP contribution < -0.4 is 15.4 Å². The van der Waals surface area contributed by atoms with E-state index in [4.69, 9.17) is 14.2 Å². The third-order valence-corrected chi connectivity index (χ3v) is 6.39. The summed E-state index contributed by atoms with van der Waals surface area (Å²) in [4.78, 5) is 24.7. The molecule has 0 spiro atoms. The highest BCUT2D eigenvalue weighted by molar-refractivity contribution is 6.02. The van der Waals surface area contributed by atoms with E-state index in [1.165, 1.54) is 17.8 Å². The number of alkyl carbamates (subject to hydrolysis) is 1. The molecule has 3 saturated carbocycles. The largest absolute Gasteiger partial charge is 0.470 e. The van der Waals surface area contributed by atoms with Gasteiger partial charge in [-0.3, -0.25) is 14.6 Å². The molecule has 1 aliphatic heterocycles. The Morgan fingerprint density at radius 1 is 1.35 bits per heavy atom. The Bertz CT molecular complexity index is 1080. The lowest BCUT2D eigenvalue weighted by Crippen LogP contribution is -2.68. The lowest BCUT2D eigenvalue weighted by molar-refractivity contribution is -0.0510. The monoisotopic (exact) mass is 480 g/mol. The quantitative estimate of drug-likeness (QED) is 0.529. The summed E-state index contributed by atoms with van der Waals surface area (Å²) in [5.74, 6) is -2.63. The second kappa shape index (κ2) is 8.22. The number of halogens is 2. The van der Waals surface area contributed by atoms with Crippen molar-refractivity contribution in [2.45, 2.75) is 56.3 Å². The maximum Gasteiger partial charge on any atom is 0.407 e. The molecule has 0 radical (unpaired) electrons. The number of H-pyrrole nitrogens is 1. The molecule has 1 saturated heterocycles. The van der Waals surface area contributed by atoms with Crippen molar-refractivity contribution in [3.8, 4) is 5.88 Å². The number of hydrogen-bond acceptors (Lipinski definition) is 7. The van der Waals surface area contributed by atoms with Crippen LogP contribution in [-0.4, -0.2) is 62.8 Å². The van der Waals surface area contributed by atoms with Gasteiger partial charge >= 0.3 is 6.09 Å². The Kier molecular flexibility index (Phi) is 5.46. The van der Waals surface area contributed by atoms with Crippen LogP contribution in [0.1, 0.15) is 54.9 Å². The summed E-state index contributed by atoms with van der Waals surface area (Å²) in [6.07, 6.45) is 2.43. The number of aromatic amines is 1. The van der Waals surface area contributed by atoms with Crippen molar-refractivity contribution in [2.24, 2.45) is 13.0 Å². The third-order valence-electron chi connectivity index (χ3n) is 6.39. The maximum atomic E-state index is 13.0. The van der Waals surface area contributed by atoms with E-state index < -0.39 is 24.5 Å². The first-order chi connectivity index (χ1) is 16.1. The number of ether oxygens (including phenoxy) is 3. The Morgan fingerprint density at radius 3 is 2.79 bits per heavy atom. The second-order valence-electron chi connectivity index (χ2n) is 9.48. The van der Waals surface area contributed by atoms with Gasteiger partial charge in [0, 0.05) is 38.1 Å². The van der Waals surface area contributed by atoms with Crippen molar-refractivity contribution < 1.29 is 32.6 Å². The zero-order chi connectivity index (χ0) is 24.1. The van der Waals surface area contributed by atoms with Crippen LogP contribution in [0.25, 0.3) is 0 Å². The Morgan fingerprint density at radius 2 is 2.12 bits per heavy atom. The van der Waals surface area contributed by atoms with Crippen LogP contribution in [0.2, 0.25) is 0 Å². The molecule has 184 valence electrons. The van der Waals surface area contributed by atoms with Crippen LogP contribution in [0.5, 0.6) is 5.88 Å². The lowest BCUT2D eigenvalue weighted by Gasteiger charge is -2.61. The van der Waals surface area contributed by atoms with Crippen LogP contribution in [0, 0.1) is 5.92 Å². The molecule has 13 heteroatoms. The van der Waals surface area contributed by atoms with Gasteiger partial charge in [-0.05, 0) is 25.2 Å². The van der Waals surface area contributed by atoms with Gasteiger partial charge in [-0.1, -0.05) is 0 Å². The predicted molar refractivity (Wildman–Crippen MR) is 113 cm³/mol. The molecule has 6 rings (SSSR count). The number of anilines is 1. The number of amides is 2. The first-order valence-electron chi connectivity index (χ1n) is 11.1. The van der Waals surface area contributed by atoms with Gasteiger partial charge < -0.3 is 24.8 Å². The Balaban J connectivity index is 1.12. The highest BCUT2D eigenvalue weighted by Crippen LogP contribution is 2.56. The molecule has 2 atom stereocenters. The highest BCUT2D eigenvalue weighted by Gasteiger charge is 2.57. The molecule has 3 N–H and O–H groups in total. The number of nitrogens with one attached hydrogen (secondary N) is 3. The number of aromatic nitrogens is 4. The smallest absolute Gasteiger partial charge is 0.407 e. The average Bonchev–Trinajstić information content (AvgIpc) is 3.41. The van der Waals surface area contributed by atoms with E-state index in [0.29, 0.717) is 12.1 Å². The van der Waals surface area contributed by atoms with Crippen molar-refractivity contribution in [3.05, 3.63) is 23.5 Å². The number of carbonyl (C=O) groups excluding carboxylic acids is 2. The summed E-state index contributed by atoms with van der Waals surface area (Å²) in [6, 6.07) is 2.90. The van der Waals surface area contributed by atoms with E-state index in [1.807, 2.05) is 0 Å². The summed E-state index contributed by atoms with van der Waals surface area (Å²) >= 11 is 0. The Hall–Kier alpha value is -3.22. The molecule has 4 fully saturated rings. The minimum absolute atomic E-state index is 0.0427. The van der Waals surface area contributed by atoms with Gasteiger partial charge in [0.1, 0.15) is 17.9 Å². The predicted octanol–water partition coefficient (Wildman–Crippen LogP) is 2.54. The first-order valence-corrected chi connectivity index (χ1v) is 11.1. The van der Waals surface area contributed by atoms with E-state index >= 15 is 0 Å². The van der Waals surface area contributed by atoms with E-state index in [1.54, 1.807) is 6.07 Å². The number of nitrogens with zero attached hydrogens (tertiary/aromatic N) is 3. The van der Waals surface area contributed by atoms with Gasteiger partial charge in [-0.15, -0.1) is 5.10 Å². The molecule has 2 aromatic heterocycles. The fourth-order valence-electron chi connectivity index (χ4n) is 4.60. The number of rotatable bonds is 8. The average molecular weight is 480 g/mol. The summed E-state index contributed by atoms with van der Waals surface area (Å²) in [5.41, 5.74) is 0.693. The summed E-state index contributed by atoms with van der Waals surface area (Å²) in [5, 5.41) is 16.4. The van der Waals surface area contributed by atoms with E-state index in [0.717, 1.165) is 32.1 Å². The standard InChI is InChI=1S/C21H26F2N6O5/c1-20(22,23)10-33-17-5-14(29(2)28-17)18(30)24-16-4-13(26-27-16)15-3-12(9-32-15)34-19(31)25-21-6-11(7-21)8-21/h4-5,11-12,15H,3,6-10H2,1-2H3,(H,25,31)(H2,24,26,27,30)/t11?,12-,15-,21?/m1/s1. The van der Waals surface area contributed by atoms with E-state index in [-0.39, 0.29) is 41.7 Å². The van der Waals surface area contributed by atoms with Gasteiger partial charge in [-0.25, -0.2) is 13.6 Å². The third kappa shape index (κ3) is 4.69. The van der Waals surface area contributed by atoms with Crippen LogP contribution in [0.4, 0.5) is 19.4 Å². The first kappa shape index (κ1) is 22.6. The van der Waals surface area contributed by atoms with E-state index in [2.05, 4.69) is 25.9 Å². The van der Waals surface area contributed by atoms with Gasteiger partial charge in [0.2, 0.25) is 5.88 Å². The van der Waals surface area contributed by atoms with Crippen LogP contribution >= 0.6 is 0 Å². The van der Waals surface area contributed by atoms with Crippen molar-refractivity contribution in [2.75, 3.05) is 18.5 Å². The van der Waals surface area contributed by atoms with Crippen molar-refractivity contribution >= 4 is 17.8 Å². The number of carbonyl (C=O) groups is 2. The molecule has 3 heterocycles. The number of hydrogen-bond donors (Lipinski definition) is 3. The minimum Gasteiger partial charge on any atom is -0.470 e. The van der Waals surface area contributed by atoms with Crippen LogP contribution in [0.3, 0.4) is 0 Å². The minimum atomic E-state index is -3.02. The van der Waals surface area contributed by atoms with Crippen LogP contribution in [-0.2, 0) is 16.5 Å². The summed E-state index contributed by atoms with van der Waals surface area (Å²) < 4.78 is 43.3.